The van der Waals surface area contributed by atoms with E-state index in [-0.39, 0.29) is 11.4 Å². The Balaban J connectivity index is 2.00. The molecule has 6 heteroatoms. The SMILES string of the molecule is CC1(Nc2nnc(CCl)o2)CCCOC1. The minimum atomic E-state index is -0.117. The third-order valence-electron chi connectivity index (χ3n) is 2.43. The molecule has 1 fully saturated rings. The van der Waals surface area contributed by atoms with Gasteiger partial charge >= 0.3 is 6.01 Å². The van der Waals surface area contributed by atoms with Crippen molar-refractivity contribution < 1.29 is 9.15 Å². The normalized spacial score (nSPS) is 26.5. The van der Waals surface area contributed by atoms with Gasteiger partial charge in [-0.1, -0.05) is 5.10 Å². The van der Waals surface area contributed by atoms with Gasteiger partial charge in [0.05, 0.1) is 12.1 Å². The fraction of sp³-hybridized carbons (Fsp3) is 0.778. The van der Waals surface area contributed by atoms with Gasteiger partial charge in [-0.3, -0.25) is 0 Å². The Morgan fingerprint density at radius 1 is 1.53 bits per heavy atom. The summed E-state index contributed by atoms with van der Waals surface area (Å²) in [6, 6.07) is 0.415. The van der Waals surface area contributed by atoms with Crippen molar-refractivity contribution in [2.75, 3.05) is 18.5 Å². The molecule has 0 radical (unpaired) electrons. The predicted octanol–water partition coefficient (Wildman–Crippen LogP) is 1.79. The molecule has 1 N–H and O–H groups in total. The van der Waals surface area contributed by atoms with Crippen molar-refractivity contribution in [2.24, 2.45) is 0 Å². The zero-order valence-corrected chi connectivity index (χ0v) is 9.38. The summed E-state index contributed by atoms with van der Waals surface area (Å²) in [5.74, 6) is 0.668. The van der Waals surface area contributed by atoms with Crippen LogP contribution in [0.5, 0.6) is 0 Å². The van der Waals surface area contributed by atoms with Crippen LogP contribution in [0.4, 0.5) is 6.01 Å². The molecule has 0 saturated carbocycles. The van der Waals surface area contributed by atoms with Crippen LogP contribution in [0.1, 0.15) is 25.7 Å². The van der Waals surface area contributed by atoms with Crippen LogP contribution in [-0.4, -0.2) is 29.0 Å². The van der Waals surface area contributed by atoms with E-state index >= 15 is 0 Å². The van der Waals surface area contributed by atoms with Crippen molar-refractivity contribution in [1.82, 2.24) is 10.2 Å². The summed E-state index contributed by atoms with van der Waals surface area (Å²) in [5, 5.41) is 10.8. The van der Waals surface area contributed by atoms with E-state index in [1.807, 2.05) is 0 Å². The van der Waals surface area contributed by atoms with Crippen molar-refractivity contribution >= 4 is 17.6 Å². The highest BCUT2D eigenvalue weighted by molar-refractivity contribution is 6.16. The maximum Gasteiger partial charge on any atom is 0.316 e. The van der Waals surface area contributed by atoms with Gasteiger partial charge in [0.25, 0.3) is 0 Å². The largest absolute Gasteiger partial charge is 0.407 e. The van der Waals surface area contributed by atoms with Crippen LogP contribution in [0, 0.1) is 0 Å². The van der Waals surface area contributed by atoms with Crippen LogP contribution in [0.2, 0.25) is 0 Å². The minimum absolute atomic E-state index is 0.117. The summed E-state index contributed by atoms with van der Waals surface area (Å²) in [6.07, 6.45) is 2.07. The highest BCUT2D eigenvalue weighted by Gasteiger charge is 2.29. The Morgan fingerprint density at radius 3 is 3.00 bits per heavy atom. The molecule has 2 rings (SSSR count). The number of nitrogens with zero attached hydrogens (tertiary/aromatic N) is 2. The topological polar surface area (TPSA) is 60.2 Å². The van der Waals surface area contributed by atoms with E-state index in [0.29, 0.717) is 18.5 Å². The molecule has 1 aliphatic heterocycles. The van der Waals surface area contributed by atoms with Crippen LogP contribution in [0.25, 0.3) is 0 Å². The van der Waals surface area contributed by atoms with Crippen LogP contribution in [0.3, 0.4) is 0 Å². The number of halogens is 1. The average Bonchev–Trinajstić information content (AvgIpc) is 2.66. The molecule has 0 aromatic carbocycles. The third kappa shape index (κ3) is 2.60. The monoisotopic (exact) mass is 231 g/mol. The van der Waals surface area contributed by atoms with Gasteiger partial charge in [-0.15, -0.1) is 16.7 Å². The lowest BCUT2D eigenvalue weighted by Crippen LogP contribution is -2.43. The zero-order valence-electron chi connectivity index (χ0n) is 8.62. The molecule has 15 heavy (non-hydrogen) atoms. The Morgan fingerprint density at radius 2 is 2.40 bits per heavy atom. The van der Waals surface area contributed by atoms with Gasteiger partial charge < -0.3 is 14.5 Å². The maximum absolute atomic E-state index is 5.57. The molecule has 0 spiro atoms. The standard InChI is InChI=1S/C9H14ClN3O2/c1-9(3-2-4-14-6-9)11-8-13-12-7(5-10)15-8/h2-6H2,1H3,(H,11,13). The third-order valence-corrected chi connectivity index (χ3v) is 2.66. The first-order valence-corrected chi connectivity index (χ1v) is 5.50. The molecule has 0 aliphatic carbocycles. The Kier molecular flexibility index (Phi) is 3.11. The second-order valence-electron chi connectivity index (χ2n) is 3.98. The van der Waals surface area contributed by atoms with Crippen molar-refractivity contribution in [2.45, 2.75) is 31.2 Å². The number of rotatable bonds is 3. The summed E-state index contributed by atoms with van der Waals surface area (Å²) in [4.78, 5) is 0. The van der Waals surface area contributed by atoms with Crippen molar-refractivity contribution in [3.8, 4) is 0 Å². The van der Waals surface area contributed by atoms with Gasteiger partial charge in [0, 0.05) is 6.61 Å². The molecule has 0 amide bonds. The summed E-state index contributed by atoms with van der Waals surface area (Å²) in [5.41, 5.74) is -0.117. The number of nitrogens with one attached hydrogen (secondary N) is 1. The van der Waals surface area contributed by atoms with E-state index in [4.69, 9.17) is 20.8 Å². The fourth-order valence-corrected chi connectivity index (χ4v) is 1.76. The number of anilines is 1. The number of hydrogen-bond acceptors (Lipinski definition) is 5. The number of aromatic nitrogens is 2. The first kappa shape index (κ1) is 10.7. The van der Waals surface area contributed by atoms with Gasteiger partial charge in [-0.25, -0.2) is 0 Å². The summed E-state index contributed by atoms with van der Waals surface area (Å²) in [7, 11) is 0. The van der Waals surface area contributed by atoms with Gasteiger partial charge in [-0.05, 0) is 19.8 Å². The lowest BCUT2D eigenvalue weighted by molar-refractivity contribution is 0.0530. The smallest absolute Gasteiger partial charge is 0.316 e. The molecule has 1 atom stereocenters. The molecule has 1 aromatic heterocycles. The van der Waals surface area contributed by atoms with Gasteiger partial charge in [0.15, 0.2) is 0 Å². The second-order valence-corrected chi connectivity index (χ2v) is 4.24. The molecular weight excluding hydrogens is 218 g/mol. The number of hydrogen-bond donors (Lipinski definition) is 1. The molecule has 1 unspecified atom stereocenters. The molecule has 84 valence electrons. The van der Waals surface area contributed by atoms with Crippen LogP contribution in [0.15, 0.2) is 4.42 Å². The van der Waals surface area contributed by atoms with E-state index in [0.717, 1.165) is 19.4 Å². The van der Waals surface area contributed by atoms with Gasteiger partial charge in [0.2, 0.25) is 5.89 Å². The first-order valence-electron chi connectivity index (χ1n) is 4.96. The summed E-state index contributed by atoms with van der Waals surface area (Å²) < 4.78 is 10.7. The summed E-state index contributed by atoms with van der Waals surface area (Å²) in [6.45, 7) is 3.57. The van der Waals surface area contributed by atoms with Crippen LogP contribution >= 0.6 is 11.6 Å². The number of ether oxygens (including phenoxy) is 1. The van der Waals surface area contributed by atoms with Gasteiger partial charge in [-0.2, -0.15) is 0 Å². The molecule has 0 bridgehead atoms. The predicted molar refractivity (Wildman–Crippen MR) is 55.9 cm³/mol. The minimum Gasteiger partial charge on any atom is -0.407 e. The van der Waals surface area contributed by atoms with E-state index in [1.165, 1.54) is 0 Å². The Hall–Kier alpha value is -0.810. The Labute approximate surface area is 93.1 Å². The Bertz CT molecular complexity index is 323. The van der Waals surface area contributed by atoms with Crippen LogP contribution < -0.4 is 5.32 Å². The number of alkyl halides is 1. The van der Waals surface area contributed by atoms with E-state index in [1.54, 1.807) is 0 Å². The average molecular weight is 232 g/mol. The zero-order chi connectivity index (χ0) is 10.7. The van der Waals surface area contributed by atoms with Crippen molar-refractivity contribution in [3.05, 3.63) is 5.89 Å². The van der Waals surface area contributed by atoms with Gasteiger partial charge in [0.1, 0.15) is 5.88 Å². The molecule has 5 nitrogen and oxygen atoms in total. The first-order chi connectivity index (χ1) is 7.22. The van der Waals surface area contributed by atoms with E-state index in [2.05, 4.69) is 22.4 Å². The summed E-state index contributed by atoms with van der Waals surface area (Å²) >= 11 is 5.57. The highest BCUT2D eigenvalue weighted by atomic mass is 35.5. The highest BCUT2D eigenvalue weighted by Crippen LogP contribution is 2.23. The van der Waals surface area contributed by atoms with Crippen molar-refractivity contribution in [3.63, 3.8) is 0 Å². The lowest BCUT2D eigenvalue weighted by atomic mass is 9.95. The van der Waals surface area contributed by atoms with Crippen LogP contribution in [-0.2, 0) is 10.6 Å². The molecular formula is C9H14ClN3O2. The maximum atomic E-state index is 5.57. The molecule has 2 heterocycles. The van der Waals surface area contributed by atoms with E-state index < -0.39 is 0 Å². The lowest BCUT2D eigenvalue weighted by Gasteiger charge is -2.33. The van der Waals surface area contributed by atoms with E-state index in [9.17, 15) is 0 Å². The molecule has 1 aliphatic rings. The quantitative estimate of drug-likeness (QED) is 0.804. The second kappa shape index (κ2) is 4.37. The van der Waals surface area contributed by atoms with Crippen molar-refractivity contribution in [1.29, 1.82) is 0 Å². The molecule has 1 saturated heterocycles. The molecule has 1 aromatic rings. The fourth-order valence-electron chi connectivity index (χ4n) is 1.65.